The molecule has 2 radical (unpaired) electrons. The van der Waals surface area contributed by atoms with Gasteiger partial charge in [0.15, 0.2) is 0 Å². The Morgan fingerprint density at radius 2 is 1.89 bits per heavy atom. The van der Waals surface area contributed by atoms with E-state index in [1.54, 1.807) is 0 Å². The first-order valence-corrected chi connectivity index (χ1v) is 7.89. The van der Waals surface area contributed by atoms with E-state index in [0.29, 0.717) is 9.76 Å². The monoisotopic (exact) mass is 278 g/mol. The molecule has 0 fully saturated rings. The fourth-order valence-electron chi connectivity index (χ4n) is 1.71. The molecule has 0 saturated heterocycles. The van der Waals surface area contributed by atoms with Gasteiger partial charge in [-0.1, -0.05) is 39.0 Å². The molecule has 0 N–H and O–H groups in total. The molecule has 0 unspecified atom stereocenters. The maximum absolute atomic E-state index is 5.90. The smallest absolute Gasteiger partial charge is 0.268 e. The Kier molecular flexibility index (Phi) is 6.76. The molecule has 106 valence electrons. The summed E-state index contributed by atoms with van der Waals surface area (Å²) in [6, 6.07) is 6.40. The van der Waals surface area contributed by atoms with Crippen molar-refractivity contribution in [3.63, 3.8) is 0 Å². The van der Waals surface area contributed by atoms with Crippen molar-refractivity contribution >= 4 is 14.9 Å². The number of benzene rings is 1. The second kappa shape index (κ2) is 7.83. The van der Waals surface area contributed by atoms with Crippen molar-refractivity contribution < 1.29 is 9.16 Å². The number of hydrogen-bond acceptors (Lipinski definition) is 2. The van der Waals surface area contributed by atoms with Gasteiger partial charge in [0.25, 0.3) is 9.76 Å². The van der Waals surface area contributed by atoms with E-state index in [2.05, 4.69) is 52.8 Å². The fraction of sp³-hybridized carbons (Fsp3) is 0.625. The summed E-state index contributed by atoms with van der Waals surface area (Å²) in [5, 5.41) is 1.31. The minimum absolute atomic E-state index is 0.0832. The van der Waals surface area contributed by atoms with Crippen molar-refractivity contribution in [3.8, 4) is 0 Å². The molecule has 1 aromatic carbocycles. The lowest BCUT2D eigenvalue weighted by atomic mass is 9.97. The highest BCUT2D eigenvalue weighted by atomic mass is 28.2. The summed E-state index contributed by atoms with van der Waals surface area (Å²) in [4.78, 5) is 0. The topological polar surface area (TPSA) is 18.5 Å². The van der Waals surface area contributed by atoms with Gasteiger partial charge in [0.05, 0.1) is 6.61 Å². The Balaban J connectivity index is 2.38. The second-order valence-electron chi connectivity index (χ2n) is 5.86. The van der Waals surface area contributed by atoms with Crippen LogP contribution in [-0.4, -0.2) is 29.6 Å². The molecule has 1 aromatic rings. The van der Waals surface area contributed by atoms with Crippen molar-refractivity contribution in [2.45, 2.75) is 41.0 Å². The summed E-state index contributed by atoms with van der Waals surface area (Å²) >= 11 is 0. The van der Waals surface area contributed by atoms with Crippen molar-refractivity contribution in [2.75, 3.05) is 19.8 Å². The highest BCUT2D eigenvalue weighted by molar-refractivity contribution is 6.47. The zero-order valence-electron chi connectivity index (χ0n) is 12.9. The zero-order valence-corrected chi connectivity index (χ0v) is 13.9. The normalized spacial score (nSPS) is 11.8. The average Bonchev–Trinajstić information content (AvgIpc) is 2.34. The molecular weight excluding hydrogens is 252 g/mol. The van der Waals surface area contributed by atoms with E-state index in [9.17, 15) is 0 Å². The standard InChI is InChI=1S/C16H26O2Si/c1-6-10-17-11-16(4,5)12-18-19-15-9-7-8-13(2)14(15)3/h7-9H,6,10-12H2,1-5H3. The van der Waals surface area contributed by atoms with E-state index < -0.39 is 0 Å². The molecular formula is C16H26O2Si. The van der Waals surface area contributed by atoms with E-state index in [0.717, 1.165) is 26.2 Å². The Hall–Kier alpha value is -0.643. The maximum atomic E-state index is 5.90. The highest BCUT2D eigenvalue weighted by Gasteiger charge is 2.18. The summed E-state index contributed by atoms with van der Waals surface area (Å²) in [6.45, 7) is 13.2. The molecule has 0 heterocycles. The third-order valence-electron chi connectivity index (χ3n) is 3.09. The molecule has 0 amide bonds. The lowest BCUT2D eigenvalue weighted by Gasteiger charge is -2.24. The molecule has 0 aliphatic rings. The van der Waals surface area contributed by atoms with Crippen molar-refractivity contribution in [1.29, 1.82) is 0 Å². The molecule has 1 rings (SSSR count). The Bertz CT molecular complexity index is 388. The SMILES string of the molecule is CCCOCC(C)(C)CO[Si]c1cccc(C)c1C. The maximum Gasteiger partial charge on any atom is 0.268 e. The molecule has 3 heteroatoms. The fourth-order valence-corrected chi connectivity index (χ4v) is 2.84. The van der Waals surface area contributed by atoms with Crippen LogP contribution in [0.15, 0.2) is 18.2 Å². The molecule has 0 saturated carbocycles. The number of aryl methyl sites for hydroxylation is 1. The van der Waals surface area contributed by atoms with Gasteiger partial charge in [-0.15, -0.1) is 0 Å². The van der Waals surface area contributed by atoms with Gasteiger partial charge in [0.1, 0.15) is 0 Å². The van der Waals surface area contributed by atoms with Gasteiger partial charge in [0.2, 0.25) is 0 Å². The van der Waals surface area contributed by atoms with E-state index >= 15 is 0 Å². The van der Waals surface area contributed by atoms with Gasteiger partial charge in [-0.2, -0.15) is 0 Å². The molecule has 0 aliphatic heterocycles. The quantitative estimate of drug-likeness (QED) is 0.537. The van der Waals surface area contributed by atoms with Gasteiger partial charge in [-0.05, 0) is 36.6 Å². The van der Waals surface area contributed by atoms with E-state index in [1.165, 1.54) is 16.3 Å². The summed E-state index contributed by atoms with van der Waals surface area (Å²) in [5.41, 5.74) is 2.76. The first-order valence-electron chi connectivity index (χ1n) is 6.98. The van der Waals surface area contributed by atoms with Gasteiger partial charge in [-0.3, -0.25) is 0 Å². The summed E-state index contributed by atoms with van der Waals surface area (Å²) < 4.78 is 11.5. The van der Waals surface area contributed by atoms with Crippen LogP contribution in [0, 0.1) is 19.3 Å². The van der Waals surface area contributed by atoms with Crippen LogP contribution in [0.1, 0.15) is 38.3 Å². The van der Waals surface area contributed by atoms with E-state index in [1.807, 2.05) is 0 Å². The van der Waals surface area contributed by atoms with Crippen LogP contribution in [0.5, 0.6) is 0 Å². The van der Waals surface area contributed by atoms with Crippen LogP contribution in [-0.2, 0) is 9.16 Å². The van der Waals surface area contributed by atoms with E-state index in [4.69, 9.17) is 9.16 Å². The van der Waals surface area contributed by atoms with E-state index in [-0.39, 0.29) is 5.41 Å². The molecule has 0 bridgehead atoms. The molecule has 0 spiro atoms. The molecule has 2 nitrogen and oxygen atoms in total. The minimum atomic E-state index is 0.0832. The van der Waals surface area contributed by atoms with Crippen LogP contribution in [0.4, 0.5) is 0 Å². The molecule has 0 atom stereocenters. The zero-order chi connectivity index (χ0) is 14.3. The van der Waals surface area contributed by atoms with Gasteiger partial charge >= 0.3 is 0 Å². The first kappa shape index (κ1) is 16.4. The largest absolute Gasteiger partial charge is 0.411 e. The average molecular weight is 278 g/mol. The van der Waals surface area contributed by atoms with Crippen LogP contribution in [0.3, 0.4) is 0 Å². The number of ether oxygens (including phenoxy) is 1. The van der Waals surface area contributed by atoms with Crippen LogP contribution in [0.25, 0.3) is 0 Å². The predicted octanol–water partition coefficient (Wildman–Crippen LogP) is 3.02. The third kappa shape index (κ3) is 5.89. The lowest BCUT2D eigenvalue weighted by Crippen LogP contribution is -2.30. The van der Waals surface area contributed by atoms with Crippen molar-refractivity contribution in [1.82, 2.24) is 0 Å². The Morgan fingerprint density at radius 3 is 2.58 bits per heavy atom. The predicted molar refractivity (Wildman–Crippen MR) is 82.1 cm³/mol. The molecule has 19 heavy (non-hydrogen) atoms. The van der Waals surface area contributed by atoms with Gasteiger partial charge in [-0.25, -0.2) is 0 Å². The summed E-state index contributed by atoms with van der Waals surface area (Å²) in [6.07, 6.45) is 1.07. The van der Waals surface area contributed by atoms with Crippen LogP contribution in [0.2, 0.25) is 0 Å². The van der Waals surface area contributed by atoms with Gasteiger partial charge in [0, 0.05) is 18.6 Å². The van der Waals surface area contributed by atoms with Crippen molar-refractivity contribution in [3.05, 3.63) is 29.3 Å². The Morgan fingerprint density at radius 1 is 1.16 bits per heavy atom. The lowest BCUT2D eigenvalue weighted by molar-refractivity contribution is 0.0362. The van der Waals surface area contributed by atoms with Crippen LogP contribution >= 0.6 is 0 Å². The van der Waals surface area contributed by atoms with Crippen molar-refractivity contribution in [2.24, 2.45) is 5.41 Å². The summed E-state index contributed by atoms with van der Waals surface area (Å²) in [7, 11) is 0.423. The number of rotatable bonds is 8. The van der Waals surface area contributed by atoms with Crippen LogP contribution < -0.4 is 5.19 Å². The van der Waals surface area contributed by atoms with Gasteiger partial charge < -0.3 is 9.16 Å². The third-order valence-corrected chi connectivity index (χ3v) is 4.14. The minimum Gasteiger partial charge on any atom is -0.411 e. The Labute approximate surface area is 120 Å². The molecule has 0 aromatic heterocycles. The summed E-state index contributed by atoms with van der Waals surface area (Å²) in [5.74, 6) is 0. The molecule has 0 aliphatic carbocycles. The number of hydrogen-bond donors (Lipinski definition) is 0. The first-order chi connectivity index (χ1) is 8.96. The second-order valence-corrected chi connectivity index (χ2v) is 6.89. The highest BCUT2D eigenvalue weighted by Crippen LogP contribution is 2.15.